The fourth-order valence-electron chi connectivity index (χ4n) is 2.69. The van der Waals surface area contributed by atoms with Crippen molar-refractivity contribution in [2.45, 2.75) is 26.2 Å². The molecule has 0 unspecified atom stereocenters. The Balaban J connectivity index is 1.61. The molecule has 0 saturated carbocycles. The van der Waals surface area contributed by atoms with Crippen LogP contribution in [0.15, 0.2) is 30.3 Å². The van der Waals surface area contributed by atoms with E-state index in [1.807, 2.05) is 25.1 Å². The molecule has 22 heavy (non-hydrogen) atoms. The average Bonchev–Trinajstić information content (AvgIpc) is 3.03. The molecule has 1 saturated heterocycles. The van der Waals surface area contributed by atoms with E-state index in [2.05, 4.69) is 32.3 Å². The van der Waals surface area contributed by atoms with Gasteiger partial charge in [0, 0.05) is 36.4 Å². The van der Waals surface area contributed by atoms with E-state index in [1.165, 1.54) is 18.4 Å². The van der Waals surface area contributed by atoms with Crippen molar-refractivity contribution in [1.29, 1.82) is 0 Å². The molecule has 1 aliphatic heterocycles. The molecule has 0 spiro atoms. The molecule has 1 aliphatic rings. The molecular formula is C17H21ClN4. The second-order valence-corrected chi connectivity index (χ2v) is 6.13. The summed E-state index contributed by atoms with van der Waals surface area (Å²) in [6, 6.07) is 9.98. The molecule has 2 aromatic rings. The number of nitrogens with zero attached hydrogens (tertiary/aromatic N) is 3. The summed E-state index contributed by atoms with van der Waals surface area (Å²) in [7, 11) is 0. The van der Waals surface area contributed by atoms with Crippen LogP contribution in [0.5, 0.6) is 0 Å². The van der Waals surface area contributed by atoms with E-state index in [0.717, 1.165) is 48.5 Å². The number of aryl methyl sites for hydroxylation is 1. The Morgan fingerprint density at radius 3 is 2.59 bits per heavy atom. The van der Waals surface area contributed by atoms with Crippen molar-refractivity contribution in [1.82, 2.24) is 9.97 Å². The van der Waals surface area contributed by atoms with Crippen LogP contribution in [-0.4, -0.2) is 29.6 Å². The summed E-state index contributed by atoms with van der Waals surface area (Å²) in [5.41, 5.74) is 2.27. The van der Waals surface area contributed by atoms with Gasteiger partial charge in [-0.25, -0.2) is 4.98 Å². The van der Waals surface area contributed by atoms with Crippen LogP contribution in [0.3, 0.4) is 0 Å². The molecule has 5 heteroatoms. The second-order valence-electron chi connectivity index (χ2n) is 5.69. The number of nitrogens with one attached hydrogen (secondary N) is 1. The molecule has 1 aromatic heterocycles. The monoisotopic (exact) mass is 316 g/mol. The molecular weight excluding hydrogens is 296 g/mol. The molecule has 0 atom stereocenters. The van der Waals surface area contributed by atoms with Crippen molar-refractivity contribution in [2.24, 2.45) is 0 Å². The largest absolute Gasteiger partial charge is 0.370 e. The first-order chi connectivity index (χ1) is 10.7. The van der Waals surface area contributed by atoms with Gasteiger partial charge < -0.3 is 10.2 Å². The van der Waals surface area contributed by atoms with E-state index in [1.54, 1.807) is 0 Å². The third kappa shape index (κ3) is 3.89. The summed E-state index contributed by atoms with van der Waals surface area (Å²) in [5.74, 6) is 1.76. The van der Waals surface area contributed by atoms with Gasteiger partial charge in [-0.15, -0.1) is 0 Å². The Labute approximate surface area is 136 Å². The van der Waals surface area contributed by atoms with Crippen molar-refractivity contribution >= 4 is 23.4 Å². The van der Waals surface area contributed by atoms with Gasteiger partial charge in [0.2, 0.25) is 5.95 Å². The number of hydrogen-bond donors (Lipinski definition) is 1. The first-order valence-electron chi connectivity index (χ1n) is 7.80. The normalized spacial score (nSPS) is 14.4. The lowest BCUT2D eigenvalue weighted by atomic mass is 10.1. The maximum atomic E-state index is 5.90. The van der Waals surface area contributed by atoms with Crippen LogP contribution in [0, 0.1) is 6.92 Å². The van der Waals surface area contributed by atoms with Gasteiger partial charge in [0.1, 0.15) is 5.82 Å². The SMILES string of the molecule is Cc1cc(NCCc2ccc(Cl)cc2)nc(N2CCCC2)n1. The summed E-state index contributed by atoms with van der Waals surface area (Å²) < 4.78 is 0. The van der Waals surface area contributed by atoms with Crippen LogP contribution in [0.2, 0.25) is 5.02 Å². The van der Waals surface area contributed by atoms with E-state index in [4.69, 9.17) is 11.6 Å². The first-order valence-corrected chi connectivity index (χ1v) is 8.17. The molecule has 1 fully saturated rings. The minimum Gasteiger partial charge on any atom is -0.370 e. The van der Waals surface area contributed by atoms with Gasteiger partial charge in [0.05, 0.1) is 0 Å². The standard InChI is InChI=1S/C17H21ClN4/c1-13-12-16(21-17(20-13)22-10-2-3-11-22)19-9-8-14-4-6-15(18)7-5-14/h4-7,12H,2-3,8-11H2,1H3,(H,19,20,21). The summed E-state index contributed by atoms with van der Waals surface area (Å²) >= 11 is 5.90. The molecule has 1 N–H and O–H groups in total. The molecule has 0 bridgehead atoms. The van der Waals surface area contributed by atoms with Crippen molar-refractivity contribution < 1.29 is 0 Å². The van der Waals surface area contributed by atoms with Gasteiger partial charge in [0.15, 0.2) is 0 Å². The summed E-state index contributed by atoms with van der Waals surface area (Å²) in [5, 5.41) is 4.18. The Morgan fingerprint density at radius 2 is 1.86 bits per heavy atom. The quantitative estimate of drug-likeness (QED) is 0.913. The topological polar surface area (TPSA) is 41.1 Å². The van der Waals surface area contributed by atoms with Gasteiger partial charge in [-0.1, -0.05) is 23.7 Å². The van der Waals surface area contributed by atoms with E-state index >= 15 is 0 Å². The van der Waals surface area contributed by atoms with Crippen LogP contribution in [0.1, 0.15) is 24.1 Å². The number of hydrogen-bond acceptors (Lipinski definition) is 4. The van der Waals surface area contributed by atoms with Crippen molar-refractivity contribution in [3.8, 4) is 0 Å². The molecule has 0 radical (unpaired) electrons. The lowest BCUT2D eigenvalue weighted by molar-refractivity contribution is 0.885. The molecule has 0 amide bonds. The summed E-state index contributed by atoms with van der Waals surface area (Å²) in [6.45, 7) is 4.99. The zero-order valence-electron chi connectivity index (χ0n) is 12.8. The maximum Gasteiger partial charge on any atom is 0.227 e. The second kappa shape index (κ2) is 6.97. The number of halogens is 1. The predicted octanol–water partition coefficient (Wildman–Crippen LogP) is 3.69. The molecule has 1 aromatic carbocycles. The minimum atomic E-state index is 0.776. The van der Waals surface area contributed by atoms with Crippen LogP contribution in [0.25, 0.3) is 0 Å². The van der Waals surface area contributed by atoms with E-state index in [9.17, 15) is 0 Å². The highest BCUT2D eigenvalue weighted by atomic mass is 35.5. The molecule has 3 rings (SSSR count). The summed E-state index contributed by atoms with van der Waals surface area (Å²) in [4.78, 5) is 11.5. The highest BCUT2D eigenvalue weighted by Crippen LogP contribution is 2.18. The fraction of sp³-hybridized carbons (Fsp3) is 0.412. The minimum absolute atomic E-state index is 0.776. The van der Waals surface area contributed by atoms with Crippen LogP contribution in [-0.2, 0) is 6.42 Å². The highest BCUT2D eigenvalue weighted by molar-refractivity contribution is 6.30. The Bertz CT molecular complexity index is 621. The van der Waals surface area contributed by atoms with Crippen molar-refractivity contribution in [2.75, 3.05) is 29.9 Å². The Hall–Kier alpha value is -1.81. The third-order valence-electron chi connectivity index (χ3n) is 3.86. The predicted molar refractivity (Wildman–Crippen MR) is 91.9 cm³/mol. The number of anilines is 2. The van der Waals surface area contributed by atoms with Crippen LogP contribution in [0.4, 0.5) is 11.8 Å². The van der Waals surface area contributed by atoms with Gasteiger partial charge in [-0.2, -0.15) is 4.98 Å². The highest BCUT2D eigenvalue weighted by Gasteiger charge is 2.15. The number of aromatic nitrogens is 2. The molecule has 0 aliphatic carbocycles. The smallest absolute Gasteiger partial charge is 0.227 e. The fourth-order valence-corrected chi connectivity index (χ4v) is 2.81. The van der Waals surface area contributed by atoms with Gasteiger partial charge in [0.25, 0.3) is 0 Å². The zero-order valence-corrected chi connectivity index (χ0v) is 13.6. The van der Waals surface area contributed by atoms with Crippen molar-refractivity contribution in [3.63, 3.8) is 0 Å². The maximum absolute atomic E-state index is 5.90. The van der Waals surface area contributed by atoms with Gasteiger partial charge in [-0.05, 0) is 43.9 Å². The van der Waals surface area contributed by atoms with Crippen LogP contribution >= 0.6 is 11.6 Å². The Morgan fingerprint density at radius 1 is 1.14 bits per heavy atom. The lowest BCUT2D eigenvalue weighted by Crippen LogP contribution is -2.21. The van der Waals surface area contributed by atoms with Crippen LogP contribution < -0.4 is 10.2 Å². The van der Waals surface area contributed by atoms with Gasteiger partial charge >= 0.3 is 0 Å². The van der Waals surface area contributed by atoms with E-state index < -0.39 is 0 Å². The number of benzene rings is 1. The third-order valence-corrected chi connectivity index (χ3v) is 4.12. The summed E-state index contributed by atoms with van der Waals surface area (Å²) in [6.07, 6.45) is 3.41. The van der Waals surface area contributed by atoms with Crippen molar-refractivity contribution in [3.05, 3.63) is 46.6 Å². The number of rotatable bonds is 5. The molecule has 116 valence electrons. The van der Waals surface area contributed by atoms with E-state index in [0.29, 0.717) is 0 Å². The van der Waals surface area contributed by atoms with Gasteiger partial charge in [-0.3, -0.25) is 0 Å². The first kappa shape index (κ1) is 15.1. The zero-order chi connectivity index (χ0) is 15.4. The molecule has 4 nitrogen and oxygen atoms in total. The van der Waals surface area contributed by atoms with E-state index in [-0.39, 0.29) is 0 Å². The Kier molecular flexibility index (Phi) is 4.78. The lowest BCUT2D eigenvalue weighted by Gasteiger charge is -2.17. The molecule has 2 heterocycles. The average molecular weight is 317 g/mol.